The van der Waals surface area contributed by atoms with Crippen LogP contribution in [-0.4, -0.2) is 82.2 Å². The number of benzene rings is 2. The summed E-state index contributed by atoms with van der Waals surface area (Å²) in [5, 5.41) is 28.2. The zero-order chi connectivity index (χ0) is 29.8. The zero-order valence-electron chi connectivity index (χ0n) is 25.0. The van der Waals surface area contributed by atoms with Gasteiger partial charge >= 0.3 is 0 Å². The van der Waals surface area contributed by atoms with Gasteiger partial charge in [0, 0.05) is 31.4 Å². The van der Waals surface area contributed by atoms with Crippen molar-refractivity contribution >= 4 is 23.5 Å². The molecule has 2 aromatic carbocycles. The van der Waals surface area contributed by atoms with Crippen molar-refractivity contribution in [3.63, 3.8) is 0 Å². The van der Waals surface area contributed by atoms with Crippen LogP contribution in [0.4, 0.5) is 5.69 Å². The van der Waals surface area contributed by atoms with Crippen molar-refractivity contribution in [1.82, 2.24) is 15.1 Å². The van der Waals surface area contributed by atoms with Crippen LogP contribution >= 0.6 is 0 Å². The van der Waals surface area contributed by atoms with Crippen molar-refractivity contribution in [2.45, 2.75) is 64.8 Å². The van der Waals surface area contributed by atoms with Crippen molar-refractivity contribution in [2.24, 2.45) is 28.2 Å². The monoisotopic (exact) mass is 573 g/mol. The van der Waals surface area contributed by atoms with Gasteiger partial charge in [-0.05, 0) is 66.7 Å². The van der Waals surface area contributed by atoms with Gasteiger partial charge in [0.05, 0.1) is 29.8 Å². The Balaban J connectivity index is 1.27. The maximum atomic E-state index is 13.6. The number of carbonyl (C=O) groups excluding carboxylic acids is 2. The number of carbonyl (C=O) groups is 2. The second-order valence-corrected chi connectivity index (χ2v) is 13.2. The quantitative estimate of drug-likeness (QED) is 0.237. The molecule has 2 aromatic rings. The Morgan fingerprint density at radius 3 is 2.50 bits per heavy atom. The molecule has 2 amide bonds. The molecule has 7 rings (SSSR count). The summed E-state index contributed by atoms with van der Waals surface area (Å²) in [4.78, 5) is 35.6. The first-order valence-corrected chi connectivity index (χ1v) is 15.3. The molecule has 7 atom stereocenters. The number of hydrogen-bond donors (Lipinski definition) is 4. The van der Waals surface area contributed by atoms with E-state index in [1.807, 2.05) is 6.07 Å². The van der Waals surface area contributed by atoms with Crippen molar-refractivity contribution in [1.29, 1.82) is 0 Å². The van der Waals surface area contributed by atoms with E-state index < -0.39 is 30.6 Å². The number of nitrogens with zero attached hydrogens (tertiary/aromatic N) is 3. The molecule has 0 spiro atoms. The molecule has 0 aromatic heterocycles. The van der Waals surface area contributed by atoms with E-state index in [0.29, 0.717) is 40.5 Å². The Bertz CT molecular complexity index is 1380. The second-order valence-electron chi connectivity index (χ2n) is 13.2. The number of guanidine groups is 1. The average molecular weight is 574 g/mol. The molecule has 5 aliphatic rings. The van der Waals surface area contributed by atoms with Crippen LogP contribution < -0.4 is 10.6 Å². The SMILES string of the molecule is C[C@H]1[C@@H](N=C(Nc2ccc3c(c2)C(=O)N([C@@H](CO)[C@@H](O)c2ccccc2)C3=O)N2CCN[C@@H](C)C2)C[C@@H]2C[C@@H]1C2(C)C. The first-order valence-electron chi connectivity index (χ1n) is 15.3. The minimum Gasteiger partial charge on any atom is -0.394 e. The number of hydrogen-bond acceptors (Lipinski definition) is 6. The lowest BCUT2D eigenvalue weighted by Gasteiger charge is -2.61. The number of rotatable bonds is 6. The summed E-state index contributed by atoms with van der Waals surface area (Å²) >= 11 is 0. The molecule has 0 radical (unpaired) electrons. The van der Waals surface area contributed by atoms with E-state index in [2.05, 4.69) is 43.2 Å². The van der Waals surface area contributed by atoms with E-state index in [9.17, 15) is 19.8 Å². The van der Waals surface area contributed by atoms with Crippen LogP contribution in [0.2, 0.25) is 0 Å². The van der Waals surface area contributed by atoms with Gasteiger partial charge in [0.2, 0.25) is 0 Å². The number of nitrogens with one attached hydrogen (secondary N) is 2. The summed E-state index contributed by atoms with van der Waals surface area (Å²) in [5.74, 6) is 1.62. The highest BCUT2D eigenvalue weighted by Gasteiger charge is 2.56. The second kappa shape index (κ2) is 11.1. The molecule has 3 aliphatic carbocycles. The third kappa shape index (κ3) is 4.91. The number of amides is 2. The zero-order valence-corrected chi connectivity index (χ0v) is 25.0. The van der Waals surface area contributed by atoms with Gasteiger partial charge in [-0.25, -0.2) is 4.99 Å². The Morgan fingerprint density at radius 1 is 1.10 bits per heavy atom. The Labute approximate surface area is 248 Å². The lowest BCUT2D eigenvalue weighted by atomic mass is 9.45. The third-order valence-electron chi connectivity index (χ3n) is 10.5. The number of aliphatic hydroxyl groups excluding tert-OH is 2. The number of aliphatic imine (C=N–C) groups is 1. The number of imide groups is 1. The van der Waals surface area contributed by atoms with Gasteiger partial charge in [-0.15, -0.1) is 0 Å². The predicted octanol–water partition coefficient (Wildman–Crippen LogP) is 3.51. The minimum absolute atomic E-state index is 0.229. The highest BCUT2D eigenvalue weighted by molar-refractivity contribution is 6.22. The average Bonchev–Trinajstić information content (AvgIpc) is 3.23. The van der Waals surface area contributed by atoms with Crippen molar-refractivity contribution in [3.05, 3.63) is 65.2 Å². The number of piperazine rings is 1. The van der Waals surface area contributed by atoms with Crippen molar-refractivity contribution in [2.75, 3.05) is 31.6 Å². The first kappa shape index (κ1) is 28.8. The van der Waals surface area contributed by atoms with Crippen LogP contribution in [0, 0.1) is 23.2 Å². The maximum absolute atomic E-state index is 13.6. The molecular weight excluding hydrogens is 530 g/mol. The molecule has 2 aliphatic heterocycles. The van der Waals surface area contributed by atoms with E-state index >= 15 is 0 Å². The summed E-state index contributed by atoms with van der Waals surface area (Å²) in [5.41, 5.74) is 2.11. The number of aliphatic hydroxyl groups is 2. The fourth-order valence-corrected chi connectivity index (χ4v) is 7.73. The maximum Gasteiger partial charge on any atom is 0.262 e. The molecule has 42 heavy (non-hydrogen) atoms. The third-order valence-corrected chi connectivity index (χ3v) is 10.5. The van der Waals surface area contributed by atoms with Crippen LogP contribution in [0.1, 0.15) is 72.9 Å². The van der Waals surface area contributed by atoms with Gasteiger partial charge in [-0.1, -0.05) is 51.1 Å². The van der Waals surface area contributed by atoms with E-state index in [4.69, 9.17) is 4.99 Å². The predicted molar refractivity (Wildman–Crippen MR) is 162 cm³/mol. The molecule has 0 unspecified atom stereocenters. The summed E-state index contributed by atoms with van der Waals surface area (Å²) in [6.45, 7) is 11.2. The number of anilines is 1. The Hall–Kier alpha value is -3.27. The molecule has 9 nitrogen and oxygen atoms in total. The van der Waals surface area contributed by atoms with Crippen LogP contribution in [-0.2, 0) is 0 Å². The Kier molecular flexibility index (Phi) is 7.62. The van der Waals surface area contributed by atoms with Crippen LogP contribution in [0.25, 0.3) is 0 Å². The normalized spacial score (nSPS) is 30.0. The molecule has 9 heteroatoms. The summed E-state index contributed by atoms with van der Waals surface area (Å²) < 4.78 is 0. The molecule has 2 bridgehead atoms. The van der Waals surface area contributed by atoms with Crippen LogP contribution in [0.5, 0.6) is 0 Å². The van der Waals surface area contributed by atoms with Gasteiger partial charge in [-0.2, -0.15) is 0 Å². The van der Waals surface area contributed by atoms with E-state index in [-0.39, 0.29) is 17.2 Å². The molecule has 4 N–H and O–H groups in total. The lowest BCUT2D eigenvalue weighted by molar-refractivity contribution is -0.108. The van der Waals surface area contributed by atoms with Gasteiger partial charge in [0.15, 0.2) is 5.96 Å². The van der Waals surface area contributed by atoms with Crippen LogP contribution in [0.15, 0.2) is 53.5 Å². The molecule has 3 saturated carbocycles. The Morgan fingerprint density at radius 2 is 1.83 bits per heavy atom. The smallest absolute Gasteiger partial charge is 0.262 e. The van der Waals surface area contributed by atoms with Gasteiger partial charge in [0.25, 0.3) is 11.8 Å². The van der Waals surface area contributed by atoms with Crippen molar-refractivity contribution in [3.8, 4) is 0 Å². The highest BCUT2D eigenvalue weighted by Crippen LogP contribution is 2.61. The molecular formula is C33H43N5O4. The minimum atomic E-state index is -1.21. The fraction of sp³-hybridized carbons (Fsp3) is 0.545. The van der Waals surface area contributed by atoms with Gasteiger partial charge in [0.1, 0.15) is 6.10 Å². The topological polar surface area (TPSA) is 118 Å². The summed E-state index contributed by atoms with van der Waals surface area (Å²) in [7, 11) is 0. The van der Waals surface area contributed by atoms with E-state index in [1.165, 1.54) is 6.42 Å². The standard InChI is InChI=1S/C33H43N5O4/c1-19-17-37(13-12-34-19)32(36-27-15-22-14-26(20(27)2)33(22,3)4)35-23-10-11-24-25(16-23)31(42)38(30(24)41)28(18-39)29(40)21-8-6-5-7-9-21/h5-11,16,19-20,22,26-29,34,39-40H,12-15,17-18H2,1-4H3,(H,35,36)/t19-,20+,22-,26-,27-,28-,29-/m0/s1. The molecule has 224 valence electrons. The largest absolute Gasteiger partial charge is 0.394 e. The fourth-order valence-electron chi connectivity index (χ4n) is 7.73. The first-order chi connectivity index (χ1) is 20.1. The van der Waals surface area contributed by atoms with E-state index in [1.54, 1.807) is 42.5 Å². The van der Waals surface area contributed by atoms with Gasteiger partial charge < -0.3 is 25.7 Å². The van der Waals surface area contributed by atoms with E-state index in [0.717, 1.165) is 36.9 Å². The lowest BCUT2D eigenvalue weighted by Crippen LogP contribution is -2.57. The molecule has 2 heterocycles. The van der Waals surface area contributed by atoms with Crippen molar-refractivity contribution < 1.29 is 19.8 Å². The summed E-state index contributed by atoms with van der Waals surface area (Å²) in [6, 6.07) is 13.4. The molecule has 1 saturated heterocycles. The molecule has 4 fully saturated rings. The van der Waals surface area contributed by atoms with Gasteiger partial charge in [-0.3, -0.25) is 14.5 Å². The number of fused-ring (bicyclic) bond motifs is 3. The van der Waals surface area contributed by atoms with Crippen LogP contribution in [0.3, 0.4) is 0 Å². The summed E-state index contributed by atoms with van der Waals surface area (Å²) in [6.07, 6.45) is 1.16. The highest BCUT2D eigenvalue weighted by atomic mass is 16.3.